The Morgan fingerprint density at radius 3 is 3.08 bits per heavy atom. The molecule has 1 aromatic heterocycles. The summed E-state index contributed by atoms with van der Waals surface area (Å²) in [4.78, 5) is 3.23. The Kier molecular flexibility index (Phi) is 1.10. The lowest BCUT2D eigenvalue weighted by atomic mass is 10.1. The first-order valence-electron chi connectivity index (χ1n) is 4.13. The summed E-state index contributed by atoms with van der Waals surface area (Å²) in [5.41, 5.74) is 2.51. The molecule has 2 heterocycles. The molecule has 2 heteroatoms. The summed E-state index contributed by atoms with van der Waals surface area (Å²) in [6.45, 7) is 0.873. The number of aromatic nitrogens is 1. The van der Waals surface area contributed by atoms with Gasteiger partial charge in [0.2, 0.25) is 0 Å². The second-order valence-corrected chi connectivity index (χ2v) is 3.11. The van der Waals surface area contributed by atoms with E-state index < -0.39 is 0 Å². The number of benzene rings is 1. The lowest BCUT2D eigenvalue weighted by Crippen LogP contribution is -1.81. The van der Waals surface area contributed by atoms with Crippen molar-refractivity contribution in [1.82, 2.24) is 4.98 Å². The molecule has 1 aliphatic rings. The molecule has 1 fully saturated rings. The summed E-state index contributed by atoms with van der Waals surface area (Å²) >= 11 is 0. The van der Waals surface area contributed by atoms with Crippen LogP contribution in [0, 0.1) is 0 Å². The van der Waals surface area contributed by atoms with Gasteiger partial charge in [0.25, 0.3) is 0 Å². The maximum absolute atomic E-state index is 5.25. The Morgan fingerprint density at radius 2 is 2.25 bits per heavy atom. The third kappa shape index (κ3) is 0.786. The van der Waals surface area contributed by atoms with Gasteiger partial charge < -0.3 is 9.72 Å². The minimum Gasteiger partial charge on any atom is -0.368 e. The van der Waals surface area contributed by atoms with Crippen LogP contribution in [-0.2, 0) is 4.74 Å². The van der Waals surface area contributed by atoms with Crippen molar-refractivity contribution in [2.75, 3.05) is 6.61 Å². The SMILES string of the molecule is c1cc([C@H]2CO2)c2[nH]ccc2c1. The quantitative estimate of drug-likeness (QED) is 0.635. The molecule has 60 valence electrons. The number of nitrogens with one attached hydrogen (secondary N) is 1. The zero-order valence-corrected chi connectivity index (χ0v) is 6.58. The zero-order valence-electron chi connectivity index (χ0n) is 6.58. The van der Waals surface area contributed by atoms with Crippen LogP contribution in [0.2, 0.25) is 0 Å². The minimum absolute atomic E-state index is 0.340. The van der Waals surface area contributed by atoms with E-state index >= 15 is 0 Å². The Balaban J connectivity index is 2.32. The highest BCUT2D eigenvalue weighted by Crippen LogP contribution is 2.33. The Labute approximate surface area is 70.2 Å². The smallest absolute Gasteiger partial charge is 0.108 e. The Hall–Kier alpha value is -1.28. The first-order chi connectivity index (χ1) is 5.95. The fraction of sp³-hybridized carbons (Fsp3) is 0.200. The highest BCUT2D eigenvalue weighted by atomic mass is 16.6. The fourth-order valence-electron chi connectivity index (χ4n) is 1.61. The van der Waals surface area contributed by atoms with Crippen LogP contribution in [-0.4, -0.2) is 11.6 Å². The Morgan fingerprint density at radius 1 is 1.33 bits per heavy atom. The van der Waals surface area contributed by atoms with Gasteiger partial charge in [-0.2, -0.15) is 0 Å². The van der Waals surface area contributed by atoms with Crippen molar-refractivity contribution >= 4 is 10.9 Å². The number of hydrogen-bond donors (Lipinski definition) is 1. The van der Waals surface area contributed by atoms with Crippen LogP contribution in [0.3, 0.4) is 0 Å². The predicted molar refractivity (Wildman–Crippen MR) is 47.0 cm³/mol. The third-order valence-electron chi connectivity index (χ3n) is 2.30. The fourth-order valence-corrected chi connectivity index (χ4v) is 1.61. The minimum atomic E-state index is 0.340. The number of para-hydroxylation sites is 1. The van der Waals surface area contributed by atoms with E-state index in [-0.39, 0.29) is 0 Å². The van der Waals surface area contributed by atoms with Crippen LogP contribution in [0.5, 0.6) is 0 Å². The van der Waals surface area contributed by atoms with Crippen LogP contribution in [0.15, 0.2) is 30.5 Å². The van der Waals surface area contributed by atoms with E-state index in [1.165, 1.54) is 16.5 Å². The van der Waals surface area contributed by atoms with E-state index in [9.17, 15) is 0 Å². The summed E-state index contributed by atoms with van der Waals surface area (Å²) in [7, 11) is 0. The molecular weight excluding hydrogens is 150 g/mol. The van der Waals surface area contributed by atoms with Crippen molar-refractivity contribution in [3.63, 3.8) is 0 Å². The highest BCUT2D eigenvalue weighted by molar-refractivity contribution is 5.83. The van der Waals surface area contributed by atoms with Crippen molar-refractivity contribution in [2.24, 2.45) is 0 Å². The second-order valence-electron chi connectivity index (χ2n) is 3.11. The van der Waals surface area contributed by atoms with Gasteiger partial charge in [-0.15, -0.1) is 0 Å². The molecule has 1 aromatic carbocycles. The predicted octanol–water partition coefficient (Wildman–Crippen LogP) is 2.24. The normalized spacial score (nSPS) is 21.5. The molecule has 0 radical (unpaired) electrons. The van der Waals surface area contributed by atoms with Gasteiger partial charge in [-0.3, -0.25) is 0 Å². The molecule has 0 saturated carbocycles. The number of rotatable bonds is 1. The van der Waals surface area contributed by atoms with Crippen LogP contribution in [0.4, 0.5) is 0 Å². The van der Waals surface area contributed by atoms with E-state index in [0.29, 0.717) is 6.10 Å². The van der Waals surface area contributed by atoms with Gasteiger partial charge in [-0.25, -0.2) is 0 Å². The lowest BCUT2D eigenvalue weighted by Gasteiger charge is -1.96. The molecule has 0 spiro atoms. The van der Waals surface area contributed by atoms with Gasteiger partial charge in [0, 0.05) is 11.8 Å². The molecule has 2 aromatic rings. The van der Waals surface area contributed by atoms with Gasteiger partial charge in [0.1, 0.15) is 6.10 Å². The molecule has 3 rings (SSSR count). The number of epoxide rings is 1. The first kappa shape index (κ1) is 6.26. The van der Waals surface area contributed by atoms with Crippen molar-refractivity contribution in [3.05, 3.63) is 36.0 Å². The van der Waals surface area contributed by atoms with Crippen LogP contribution < -0.4 is 0 Å². The molecule has 0 amide bonds. The monoisotopic (exact) mass is 159 g/mol. The third-order valence-corrected chi connectivity index (χ3v) is 2.30. The summed E-state index contributed by atoms with van der Waals surface area (Å²) in [5.74, 6) is 0. The van der Waals surface area contributed by atoms with E-state index in [0.717, 1.165) is 6.61 Å². The van der Waals surface area contributed by atoms with E-state index in [4.69, 9.17) is 4.74 Å². The van der Waals surface area contributed by atoms with Crippen molar-refractivity contribution < 1.29 is 4.74 Å². The molecule has 1 N–H and O–H groups in total. The Bertz CT molecular complexity index is 414. The van der Waals surface area contributed by atoms with Crippen molar-refractivity contribution in [1.29, 1.82) is 0 Å². The topological polar surface area (TPSA) is 28.3 Å². The molecule has 2 nitrogen and oxygen atoms in total. The summed E-state index contributed by atoms with van der Waals surface area (Å²) < 4.78 is 5.25. The van der Waals surface area contributed by atoms with E-state index in [2.05, 4.69) is 29.2 Å². The van der Waals surface area contributed by atoms with Gasteiger partial charge in [0.15, 0.2) is 0 Å². The first-order valence-corrected chi connectivity index (χ1v) is 4.13. The largest absolute Gasteiger partial charge is 0.368 e. The van der Waals surface area contributed by atoms with E-state index in [1.807, 2.05) is 6.20 Å². The zero-order chi connectivity index (χ0) is 7.97. The number of fused-ring (bicyclic) bond motifs is 1. The highest BCUT2D eigenvalue weighted by Gasteiger charge is 2.26. The van der Waals surface area contributed by atoms with Gasteiger partial charge in [-0.05, 0) is 11.5 Å². The average molecular weight is 159 g/mol. The average Bonchev–Trinajstić information content (AvgIpc) is 2.82. The number of H-pyrrole nitrogens is 1. The van der Waals surface area contributed by atoms with E-state index in [1.54, 1.807) is 0 Å². The second kappa shape index (κ2) is 2.11. The van der Waals surface area contributed by atoms with Crippen molar-refractivity contribution in [3.8, 4) is 0 Å². The standard InChI is InChI=1S/C10H9NO/c1-2-7-4-5-11-10(7)8(3-1)9-6-12-9/h1-5,9,11H,6H2/t9-/m1/s1. The summed E-state index contributed by atoms with van der Waals surface area (Å²) in [5, 5.41) is 1.27. The lowest BCUT2D eigenvalue weighted by molar-refractivity contribution is 0.416. The summed E-state index contributed by atoms with van der Waals surface area (Å²) in [6, 6.07) is 8.39. The van der Waals surface area contributed by atoms with Gasteiger partial charge in [0.05, 0.1) is 12.1 Å². The molecule has 1 atom stereocenters. The van der Waals surface area contributed by atoms with Crippen molar-refractivity contribution in [2.45, 2.75) is 6.10 Å². The summed E-state index contributed by atoms with van der Waals surface area (Å²) in [6.07, 6.45) is 2.31. The molecular formula is C10H9NO. The van der Waals surface area contributed by atoms with Crippen LogP contribution in [0.25, 0.3) is 10.9 Å². The maximum atomic E-state index is 5.25. The number of ether oxygens (including phenoxy) is 1. The molecule has 0 bridgehead atoms. The molecule has 0 aliphatic carbocycles. The van der Waals surface area contributed by atoms with Gasteiger partial charge in [-0.1, -0.05) is 18.2 Å². The maximum Gasteiger partial charge on any atom is 0.108 e. The van der Waals surface area contributed by atoms with Gasteiger partial charge >= 0.3 is 0 Å². The molecule has 1 saturated heterocycles. The molecule has 1 aliphatic heterocycles. The molecule has 12 heavy (non-hydrogen) atoms. The molecule has 0 unspecified atom stereocenters. The van der Waals surface area contributed by atoms with Crippen LogP contribution >= 0.6 is 0 Å². The number of aromatic amines is 1. The number of hydrogen-bond acceptors (Lipinski definition) is 1. The van der Waals surface area contributed by atoms with Crippen LogP contribution in [0.1, 0.15) is 11.7 Å².